The van der Waals surface area contributed by atoms with E-state index in [-0.39, 0.29) is 0 Å². The number of hydrogen-bond donors (Lipinski definition) is 1. The minimum atomic E-state index is -0.502. The van der Waals surface area contributed by atoms with Gasteiger partial charge in [0.2, 0.25) is 0 Å². The zero-order chi connectivity index (χ0) is 21.9. The van der Waals surface area contributed by atoms with Gasteiger partial charge in [-0.25, -0.2) is 0 Å². The van der Waals surface area contributed by atoms with Gasteiger partial charge in [0.15, 0.2) is 5.79 Å². The van der Waals surface area contributed by atoms with Crippen molar-refractivity contribution in [3.8, 4) is 5.75 Å². The summed E-state index contributed by atoms with van der Waals surface area (Å²) in [5.41, 5.74) is 2.50. The molecule has 170 valence electrons. The average molecular weight is 426 g/mol. The van der Waals surface area contributed by atoms with Crippen molar-refractivity contribution in [2.75, 3.05) is 20.3 Å². The largest absolute Gasteiger partial charge is 0.492 e. The van der Waals surface area contributed by atoms with Gasteiger partial charge in [-0.2, -0.15) is 0 Å². The molecule has 2 unspecified atom stereocenters. The van der Waals surface area contributed by atoms with Crippen molar-refractivity contribution in [1.29, 1.82) is 0 Å². The van der Waals surface area contributed by atoms with E-state index in [2.05, 4.69) is 61.6 Å². The Morgan fingerprint density at radius 2 is 1.68 bits per heavy atom. The Morgan fingerprint density at radius 1 is 0.968 bits per heavy atom. The maximum atomic E-state index is 6.24. The van der Waals surface area contributed by atoms with E-state index < -0.39 is 5.79 Å². The van der Waals surface area contributed by atoms with E-state index in [4.69, 9.17) is 14.2 Å². The highest BCUT2D eigenvalue weighted by Gasteiger charge is 2.36. The lowest BCUT2D eigenvalue weighted by molar-refractivity contribution is -0.253. The van der Waals surface area contributed by atoms with Crippen LogP contribution >= 0.6 is 0 Å². The highest BCUT2D eigenvalue weighted by Crippen LogP contribution is 2.36. The monoisotopic (exact) mass is 425 g/mol. The third kappa shape index (κ3) is 7.64. The summed E-state index contributed by atoms with van der Waals surface area (Å²) in [7, 11) is 1.76. The van der Waals surface area contributed by atoms with Crippen LogP contribution in [0.4, 0.5) is 0 Å². The molecule has 0 spiro atoms. The molecular formula is C27H39NO3. The van der Waals surface area contributed by atoms with E-state index in [0.717, 1.165) is 24.3 Å². The van der Waals surface area contributed by atoms with Gasteiger partial charge in [-0.15, -0.1) is 0 Å². The molecule has 1 N–H and O–H groups in total. The van der Waals surface area contributed by atoms with E-state index >= 15 is 0 Å². The molecule has 0 saturated heterocycles. The Hall–Kier alpha value is -1.88. The van der Waals surface area contributed by atoms with Crippen molar-refractivity contribution < 1.29 is 14.2 Å². The zero-order valence-corrected chi connectivity index (χ0v) is 19.4. The van der Waals surface area contributed by atoms with Gasteiger partial charge in [-0.05, 0) is 56.4 Å². The predicted molar refractivity (Wildman–Crippen MR) is 126 cm³/mol. The topological polar surface area (TPSA) is 39.7 Å². The van der Waals surface area contributed by atoms with E-state index in [9.17, 15) is 0 Å². The normalized spacial score (nSPS) is 17.8. The zero-order valence-electron chi connectivity index (χ0n) is 19.4. The molecule has 2 atom stereocenters. The number of benzene rings is 2. The second-order valence-electron chi connectivity index (χ2n) is 8.88. The molecule has 0 aromatic heterocycles. The van der Waals surface area contributed by atoms with Gasteiger partial charge in [0.05, 0.1) is 6.61 Å². The lowest BCUT2D eigenvalue weighted by Gasteiger charge is -2.38. The summed E-state index contributed by atoms with van der Waals surface area (Å²) in [4.78, 5) is 0. The van der Waals surface area contributed by atoms with Gasteiger partial charge in [0.1, 0.15) is 12.4 Å². The average Bonchev–Trinajstić information content (AvgIpc) is 2.82. The molecule has 1 saturated carbocycles. The molecule has 0 amide bonds. The molecule has 2 aromatic rings. The van der Waals surface area contributed by atoms with Crippen LogP contribution in [0.5, 0.6) is 5.75 Å². The van der Waals surface area contributed by atoms with Crippen molar-refractivity contribution in [2.45, 2.75) is 70.8 Å². The fourth-order valence-corrected chi connectivity index (χ4v) is 4.39. The van der Waals surface area contributed by atoms with Crippen LogP contribution in [-0.2, 0) is 22.5 Å². The van der Waals surface area contributed by atoms with Crippen LogP contribution in [0.2, 0.25) is 0 Å². The molecule has 4 heteroatoms. The van der Waals surface area contributed by atoms with E-state index in [1.54, 1.807) is 7.11 Å². The number of rotatable bonds is 12. The first-order valence-corrected chi connectivity index (χ1v) is 11.8. The molecule has 1 aliphatic rings. The number of hydrogen-bond acceptors (Lipinski definition) is 4. The minimum absolute atomic E-state index is 0.421. The second kappa shape index (κ2) is 12.2. The molecule has 0 aliphatic heterocycles. The van der Waals surface area contributed by atoms with Crippen LogP contribution in [0.25, 0.3) is 0 Å². The van der Waals surface area contributed by atoms with Crippen LogP contribution in [-0.4, -0.2) is 32.1 Å². The molecular weight excluding hydrogens is 386 g/mol. The van der Waals surface area contributed by atoms with Crippen molar-refractivity contribution in [3.63, 3.8) is 0 Å². The van der Waals surface area contributed by atoms with E-state index in [1.165, 1.54) is 37.7 Å². The predicted octanol–water partition coefficient (Wildman–Crippen LogP) is 5.75. The van der Waals surface area contributed by atoms with E-state index in [1.807, 2.05) is 12.1 Å². The molecule has 1 aliphatic carbocycles. The lowest BCUT2D eigenvalue weighted by atomic mass is 9.83. The molecule has 2 aromatic carbocycles. The van der Waals surface area contributed by atoms with Crippen LogP contribution in [0.3, 0.4) is 0 Å². The summed E-state index contributed by atoms with van der Waals surface area (Å²) in [5.74, 6) is 0.867. The first-order chi connectivity index (χ1) is 15.1. The van der Waals surface area contributed by atoms with Crippen molar-refractivity contribution in [1.82, 2.24) is 5.32 Å². The SMILES string of the molecule is COC(C)(OCc1ccc(OCCNC(C)Cc2ccccc2)cc1)C1CCCCC1. The Kier molecular flexibility index (Phi) is 9.38. The summed E-state index contributed by atoms with van der Waals surface area (Å²) in [5, 5.41) is 3.53. The first kappa shape index (κ1) is 23.8. The van der Waals surface area contributed by atoms with Crippen LogP contribution < -0.4 is 10.1 Å². The Balaban J connectivity index is 1.36. The quantitative estimate of drug-likeness (QED) is 0.347. The Bertz CT molecular complexity index is 743. The van der Waals surface area contributed by atoms with Crippen molar-refractivity contribution in [3.05, 3.63) is 65.7 Å². The summed E-state index contributed by atoms with van der Waals surface area (Å²) < 4.78 is 17.9. The standard InChI is InChI=1S/C27H39NO3/c1-22(20-23-10-6-4-7-11-23)28-18-19-30-26-16-14-24(15-17-26)21-31-27(2,29-3)25-12-8-5-9-13-25/h4,6-7,10-11,14-17,22,25,28H,5,8-9,12-13,18-21H2,1-3H3. The molecule has 0 bridgehead atoms. The van der Waals surface area contributed by atoms with Gasteiger partial charge in [0.25, 0.3) is 0 Å². The lowest BCUT2D eigenvalue weighted by Crippen LogP contribution is -2.40. The summed E-state index contributed by atoms with van der Waals surface area (Å²) >= 11 is 0. The summed E-state index contributed by atoms with van der Waals surface area (Å²) in [6, 6.07) is 19.2. The van der Waals surface area contributed by atoms with Crippen LogP contribution in [0, 0.1) is 5.92 Å². The van der Waals surface area contributed by atoms with Crippen molar-refractivity contribution >= 4 is 0 Å². The maximum absolute atomic E-state index is 6.24. The highest BCUT2D eigenvalue weighted by atomic mass is 16.7. The highest BCUT2D eigenvalue weighted by molar-refractivity contribution is 5.27. The summed E-state index contributed by atoms with van der Waals surface area (Å²) in [6.07, 6.45) is 7.29. The maximum Gasteiger partial charge on any atom is 0.168 e. The van der Waals surface area contributed by atoms with Crippen LogP contribution in [0.1, 0.15) is 57.1 Å². The first-order valence-electron chi connectivity index (χ1n) is 11.8. The number of nitrogens with one attached hydrogen (secondary N) is 1. The molecule has 0 radical (unpaired) electrons. The Morgan fingerprint density at radius 3 is 2.35 bits per heavy atom. The minimum Gasteiger partial charge on any atom is -0.492 e. The molecule has 31 heavy (non-hydrogen) atoms. The van der Waals surface area contributed by atoms with Gasteiger partial charge < -0.3 is 19.5 Å². The molecule has 4 nitrogen and oxygen atoms in total. The van der Waals surface area contributed by atoms with Gasteiger partial charge in [-0.3, -0.25) is 0 Å². The van der Waals surface area contributed by atoms with Gasteiger partial charge in [-0.1, -0.05) is 61.7 Å². The molecule has 0 heterocycles. The Labute approximate surface area is 188 Å². The third-order valence-corrected chi connectivity index (χ3v) is 6.45. The number of ether oxygens (including phenoxy) is 3. The molecule has 1 fully saturated rings. The van der Waals surface area contributed by atoms with Crippen LogP contribution in [0.15, 0.2) is 54.6 Å². The summed E-state index contributed by atoms with van der Waals surface area (Å²) in [6.45, 7) is 6.33. The fraction of sp³-hybridized carbons (Fsp3) is 0.556. The van der Waals surface area contributed by atoms with Gasteiger partial charge >= 0.3 is 0 Å². The second-order valence-corrected chi connectivity index (χ2v) is 8.88. The van der Waals surface area contributed by atoms with Gasteiger partial charge in [0, 0.05) is 25.6 Å². The van der Waals surface area contributed by atoms with E-state index in [0.29, 0.717) is 25.2 Å². The number of methoxy groups -OCH3 is 1. The molecule has 3 rings (SSSR count). The fourth-order valence-electron chi connectivity index (χ4n) is 4.39. The van der Waals surface area contributed by atoms with Crippen molar-refractivity contribution in [2.24, 2.45) is 5.92 Å². The third-order valence-electron chi connectivity index (χ3n) is 6.45. The smallest absolute Gasteiger partial charge is 0.168 e.